The monoisotopic (exact) mass is 261 g/mol. The average Bonchev–Trinajstić information content (AvgIpc) is 2.35. The Morgan fingerprint density at radius 2 is 1.88 bits per heavy atom. The maximum atomic E-state index is 12.1. The Bertz CT molecular complexity index is 295. The highest BCUT2D eigenvalue weighted by molar-refractivity contribution is 7.92. The Balaban J connectivity index is 2.33. The van der Waals surface area contributed by atoms with Gasteiger partial charge >= 0.3 is 0 Å². The van der Waals surface area contributed by atoms with Crippen molar-refractivity contribution in [2.75, 3.05) is 12.3 Å². The fraction of sp³-hybridized carbons (Fsp3) is 1.00. The van der Waals surface area contributed by atoms with Crippen LogP contribution in [0.5, 0.6) is 0 Å². The Labute approximate surface area is 106 Å². The molecule has 1 fully saturated rings. The number of sulfone groups is 1. The van der Waals surface area contributed by atoms with Crippen LogP contribution in [0.15, 0.2) is 0 Å². The van der Waals surface area contributed by atoms with Crippen LogP contribution in [-0.4, -0.2) is 32.0 Å². The van der Waals surface area contributed by atoms with E-state index in [0.717, 1.165) is 45.1 Å². The average molecular weight is 261 g/mol. The molecule has 1 N–H and O–H groups in total. The lowest BCUT2D eigenvalue weighted by Crippen LogP contribution is -2.32. The van der Waals surface area contributed by atoms with E-state index in [1.54, 1.807) is 0 Å². The van der Waals surface area contributed by atoms with Crippen molar-refractivity contribution in [1.82, 2.24) is 5.32 Å². The van der Waals surface area contributed by atoms with Crippen LogP contribution in [0.4, 0.5) is 0 Å². The highest BCUT2D eigenvalue weighted by atomic mass is 32.2. The summed E-state index contributed by atoms with van der Waals surface area (Å²) in [4.78, 5) is 0. The van der Waals surface area contributed by atoms with Gasteiger partial charge < -0.3 is 5.32 Å². The molecule has 0 spiro atoms. The van der Waals surface area contributed by atoms with Crippen molar-refractivity contribution in [3.63, 3.8) is 0 Å². The summed E-state index contributed by atoms with van der Waals surface area (Å²) in [6, 6.07) is 0.313. The van der Waals surface area contributed by atoms with Gasteiger partial charge in [-0.3, -0.25) is 0 Å². The lowest BCUT2D eigenvalue weighted by molar-refractivity contribution is 0.477. The molecular formula is C13H27NO2S. The number of hydrogen-bond acceptors (Lipinski definition) is 3. The lowest BCUT2D eigenvalue weighted by Gasteiger charge is -2.22. The molecule has 0 heterocycles. The second-order valence-corrected chi connectivity index (χ2v) is 7.67. The summed E-state index contributed by atoms with van der Waals surface area (Å²) in [7, 11) is -2.84. The molecule has 1 rings (SSSR count). The molecular weight excluding hydrogens is 234 g/mol. The van der Waals surface area contributed by atoms with Crippen molar-refractivity contribution in [2.24, 2.45) is 0 Å². The third kappa shape index (κ3) is 5.38. The minimum Gasteiger partial charge on any atom is -0.314 e. The van der Waals surface area contributed by atoms with Gasteiger partial charge in [0.1, 0.15) is 0 Å². The largest absolute Gasteiger partial charge is 0.314 e. The quantitative estimate of drug-likeness (QED) is 0.766. The fourth-order valence-electron chi connectivity index (χ4n) is 2.42. The Morgan fingerprint density at radius 3 is 2.47 bits per heavy atom. The van der Waals surface area contributed by atoms with Crippen LogP contribution < -0.4 is 5.32 Å². The molecule has 102 valence electrons. The van der Waals surface area contributed by atoms with Crippen molar-refractivity contribution >= 4 is 9.84 Å². The Kier molecular flexibility index (Phi) is 6.49. The summed E-state index contributed by atoms with van der Waals surface area (Å²) in [6.07, 6.45) is 7.01. The Morgan fingerprint density at radius 1 is 1.24 bits per heavy atom. The van der Waals surface area contributed by atoms with Crippen LogP contribution in [0, 0.1) is 0 Å². The maximum absolute atomic E-state index is 12.1. The van der Waals surface area contributed by atoms with E-state index in [9.17, 15) is 8.42 Å². The van der Waals surface area contributed by atoms with Crippen molar-refractivity contribution < 1.29 is 8.42 Å². The summed E-state index contributed by atoms with van der Waals surface area (Å²) in [5.74, 6) is 0.357. The van der Waals surface area contributed by atoms with Gasteiger partial charge in [-0.15, -0.1) is 0 Å². The number of nitrogens with one attached hydrogen (secondary N) is 1. The molecule has 1 aliphatic rings. The molecule has 1 unspecified atom stereocenters. The van der Waals surface area contributed by atoms with Gasteiger partial charge in [0.2, 0.25) is 0 Å². The molecule has 0 aromatic rings. The van der Waals surface area contributed by atoms with Gasteiger partial charge in [-0.25, -0.2) is 8.42 Å². The van der Waals surface area contributed by atoms with Crippen LogP contribution in [-0.2, 0) is 9.84 Å². The zero-order valence-corrected chi connectivity index (χ0v) is 12.1. The second kappa shape index (κ2) is 7.37. The molecule has 4 heteroatoms. The first kappa shape index (κ1) is 15.0. The van der Waals surface area contributed by atoms with E-state index in [4.69, 9.17) is 0 Å². The molecule has 0 aliphatic heterocycles. The number of rotatable bonds is 7. The van der Waals surface area contributed by atoms with Crippen LogP contribution in [0.25, 0.3) is 0 Å². The van der Waals surface area contributed by atoms with Crippen molar-refractivity contribution in [2.45, 2.75) is 70.1 Å². The molecule has 1 atom stereocenters. The van der Waals surface area contributed by atoms with Crippen molar-refractivity contribution in [3.05, 3.63) is 0 Å². The minimum atomic E-state index is -2.84. The predicted octanol–water partition coefficient (Wildman–Crippen LogP) is 2.51. The van der Waals surface area contributed by atoms with Crippen LogP contribution in [0.3, 0.4) is 0 Å². The maximum Gasteiger partial charge on any atom is 0.153 e. The van der Waals surface area contributed by atoms with E-state index in [0.29, 0.717) is 11.8 Å². The summed E-state index contributed by atoms with van der Waals surface area (Å²) in [5.41, 5.74) is 0. The zero-order chi connectivity index (χ0) is 12.7. The normalized spacial score (nSPS) is 20.4. The van der Waals surface area contributed by atoms with Crippen molar-refractivity contribution in [1.29, 1.82) is 0 Å². The van der Waals surface area contributed by atoms with E-state index in [2.05, 4.69) is 19.2 Å². The third-order valence-electron chi connectivity index (χ3n) is 3.64. The molecule has 0 aromatic carbocycles. The van der Waals surface area contributed by atoms with E-state index in [1.807, 2.05) is 0 Å². The topological polar surface area (TPSA) is 46.2 Å². The molecule has 17 heavy (non-hydrogen) atoms. The first-order chi connectivity index (χ1) is 8.06. The minimum absolute atomic E-state index is 0.0466. The van der Waals surface area contributed by atoms with Gasteiger partial charge in [0.05, 0.1) is 11.0 Å². The molecule has 1 saturated carbocycles. The lowest BCUT2D eigenvalue weighted by atomic mass is 10.0. The zero-order valence-electron chi connectivity index (χ0n) is 11.2. The first-order valence-electron chi connectivity index (χ1n) is 7.01. The van der Waals surface area contributed by atoms with Gasteiger partial charge in [-0.05, 0) is 39.2 Å². The van der Waals surface area contributed by atoms with E-state index >= 15 is 0 Å². The van der Waals surface area contributed by atoms with Gasteiger partial charge in [-0.2, -0.15) is 0 Å². The highest BCUT2D eigenvalue weighted by Crippen LogP contribution is 2.24. The molecule has 0 aromatic heterocycles. The SMILES string of the molecule is CCCNC(C)CCS(=O)(=O)C1CCCCC1. The number of hydrogen-bond donors (Lipinski definition) is 1. The summed E-state index contributed by atoms with van der Waals surface area (Å²) in [5, 5.41) is 3.30. The fourth-order valence-corrected chi connectivity index (χ4v) is 4.49. The van der Waals surface area contributed by atoms with Crippen molar-refractivity contribution in [3.8, 4) is 0 Å². The second-order valence-electron chi connectivity index (χ2n) is 5.27. The summed E-state index contributed by atoms with van der Waals surface area (Å²) in [6.45, 7) is 5.18. The predicted molar refractivity (Wildman–Crippen MR) is 73.0 cm³/mol. The van der Waals surface area contributed by atoms with E-state index in [1.165, 1.54) is 6.42 Å². The molecule has 0 bridgehead atoms. The first-order valence-corrected chi connectivity index (χ1v) is 8.72. The van der Waals surface area contributed by atoms with Gasteiger partial charge in [-0.1, -0.05) is 26.2 Å². The molecule has 0 saturated heterocycles. The smallest absolute Gasteiger partial charge is 0.153 e. The van der Waals surface area contributed by atoms with Crippen LogP contribution in [0.1, 0.15) is 58.8 Å². The standard InChI is InChI=1S/C13H27NO2S/c1-3-10-14-12(2)9-11-17(15,16)13-7-5-4-6-8-13/h12-14H,3-11H2,1-2H3. The van der Waals surface area contributed by atoms with Gasteiger partial charge in [0.15, 0.2) is 9.84 Å². The van der Waals surface area contributed by atoms with Crippen LogP contribution >= 0.6 is 0 Å². The summed E-state index contributed by atoms with van der Waals surface area (Å²) < 4.78 is 24.3. The summed E-state index contributed by atoms with van der Waals surface area (Å²) >= 11 is 0. The van der Waals surface area contributed by atoms with Gasteiger partial charge in [0.25, 0.3) is 0 Å². The highest BCUT2D eigenvalue weighted by Gasteiger charge is 2.27. The molecule has 0 radical (unpaired) electrons. The van der Waals surface area contributed by atoms with E-state index < -0.39 is 9.84 Å². The third-order valence-corrected chi connectivity index (χ3v) is 5.93. The van der Waals surface area contributed by atoms with Crippen LogP contribution in [0.2, 0.25) is 0 Å². The van der Waals surface area contributed by atoms with Gasteiger partial charge in [0, 0.05) is 6.04 Å². The molecule has 1 aliphatic carbocycles. The molecule has 3 nitrogen and oxygen atoms in total. The van der Waals surface area contributed by atoms with E-state index in [-0.39, 0.29) is 5.25 Å². The molecule has 0 amide bonds. The Hall–Kier alpha value is -0.0900.